The lowest BCUT2D eigenvalue weighted by molar-refractivity contribution is 0.0696. The first-order valence-corrected chi connectivity index (χ1v) is 7.77. The van der Waals surface area contributed by atoms with E-state index in [4.69, 9.17) is 9.84 Å². The van der Waals surface area contributed by atoms with Crippen molar-refractivity contribution in [1.29, 1.82) is 0 Å². The monoisotopic (exact) mass is 332 g/mol. The number of hydrogen-bond donors (Lipinski definition) is 1. The Morgan fingerprint density at radius 1 is 0.920 bits per heavy atom. The maximum atomic E-state index is 11.4. The number of carboxylic acids is 1. The van der Waals surface area contributed by atoms with E-state index < -0.39 is 5.97 Å². The van der Waals surface area contributed by atoms with Crippen molar-refractivity contribution in [3.63, 3.8) is 0 Å². The molecule has 0 aromatic heterocycles. The highest BCUT2D eigenvalue weighted by Gasteiger charge is 2.09. The predicted octanol–water partition coefficient (Wildman–Crippen LogP) is 4.44. The van der Waals surface area contributed by atoms with Gasteiger partial charge in [-0.1, -0.05) is 48.5 Å². The average molecular weight is 332 g/mol. The summed E-state index contributed by atoms with van der Waals surface area (Å²) in [6, 6.07) is 21.5. The van der Waals surface area contributed by atoms with Crippen molar-refractivity contribution in [1.82, 2.24) is 0 Å². The van der Waals surface area contributed by atoms with E-state index in [2.05, 4.69) is 0 Å². The van der Waals surface area contributed by atoms with Gasteiger partial charge in [0, 0.05) is 0 Å². The van der Waals surface area contributed by atoms with Crippen molar-refractivity contribution in [3.05, 3.63) is 89.5 Å². The molecule has 4 heteroatoms. The summed E-state index contributed by atoms with van der Waals surface area (Å²) >= 11 is 0. The van der Waals surface area contributed by atoms with Crippen LogP contribution in [0.4, 0.5) is 0 Å². The molecule has 124 valence electrons. The molecule has 0 unspecified atom stereocenters. The van der Waals surface area contributed by atoms with Crippen molar-refractivity contribution in [3.8, 4) is 16.9 Å². The zero-order valence-corrected chi connectivity index (χ0v) is 13.4. The molecule has 0 fully saturated rings. The second kappa shape index (κ2) is 7.45. The number of aromatic carboxylic acids is 1. The van der Waals surface area contributed by atoms with Gasteiger partial charge >= 0.3 is 5.97 Å². The third-order valence-corrected chi connectivity index (χ3v) is 3.82. The van der Waals surface area contributed by atoms with Gasteiger partial charge < -0.3 is 9.84 Å². The average Bonchev–Trinajstić information content (AvgIpc) is 2.67. The maximum absolute atomic E-state index is 11.4. The van der Waals surface area contributed by atoms with E-state index in [1.54, 1.807) is 30.3 Å². The van der Waals surface area contributed by atoms with Gasteiger partial charge in [0.1, 0.15) is 12.4 Å². The Morgan fingerprint density at radius 3 is 2.40 bits per heavy atom. The van der Waals surface area contributed by atoms with E-state index in [9.17, 15) is 9.59 Å². The third kappa shape index (κ3) is 3.93. The van der Waals surface area contributed by atoms with Gasteiger partial charge in [-0.05, 0) is 41.0 Å². The van der Waals surface area contributed by atoms with E-state index in [-0.39, 0.29) is 5.56 Å². The molecule has 0 radical (unpaired) electrons. The Hall–Kier alpha value is -3.40. The first kappa shape index (κ1) is 16.5. The molecule has 3 rings (SSSR count). The molecule has 0 aliphatic heterocycles. The van der Waals surface area contributed by atoms with Gasteiger partial charge in [0.05, 0.1) is 11.1 Å². The van der Waals surface area contributed by atoms with Crippen LogP contribution in [0.1, 0.15) is 26.3 Å². The van der Waals surface area contributed by atoms with Crippen LogP contribution in [0.3, 0.4) is 0 Å². The summed E-state index contributed by atoms with van der Waals surface area (Å²) < 4.78 is 5.74. The largest absolute Gasteiger partial charge is 0.488 e. The second-order valence-corrected chi connectivity index (χ2v) is 5.53. The number of carboxylic acid groups (broad SMARTS) is 1. The van der Waals surface area contributed by atoms with E-state index in [0.717, 1.165) is 23.0 Å². The molecule has 25 heavy (non-hydrogen) atoms. The summed E-state index contributed by atoms with van der Waals surface area (Å²) in [5.41, 5.74) is 3.14. The number of benzene rings is 3. The summed E-state index contributed by atoms with van der Waals surface area (Å²) in [5, 5.41) is 9.10. The molecule has 0 amide bonds. The minimum atomic E-state index is -0.986. The van der Waals surface area contributed by atoms with E-state index in [1.807, 2.05) is 36.4 Å². The molecule has 0 spiro atoms. The summed E-state index contributed by atoms with van der Waals surface area (Å²) in [6.45, 7) is 0.371. The van der Waals surface area contributed by atoms with Gasteiger partial charge in [0.25, 0.3) is 0 Å². The lowest BCUT2D eigenvalue weighted by atomic mass is 10.0. The van der Waals surface area contributed by atoms with E-state index in [1.165, 1.54) is 6.07 Å². The molecule has 3 aromatic rings. The van der Waals surface area contributed by atoms with Gasteiger partial charge in [-0.3, -0.25) is 4.79 Å². The van der Waals surface area contributed by atoms with Crippen LogP contribution in [0.5, 0.6) is 5.75 Å². The lowest BCUT2D eigenvalue weighted by Gasteiger charge is -2.11. The molecular weight excluding hydrogens is 316 g/mol. The standard InChI is InChI=1S/C21H16O4/c22-13-19-12-17(16-7-4-8-18(11-16)21(23)24)9-10-20(19)25-14-15-5-2-1-3-6-15/h1-13H,14H2,(H,23,24). The fourth-order valence-electron chi connectivity index (χ4n) is 2.52. The quantitative estimate of drug-likeness (QED) is 0.678. The minimum absolute atomic E-state index is 0.203. The van der Waals surface area contributed by atoms with Crippen molar-refractivity contribution in [2.75, 3.05) is 0 Å². The van der Waals surface area contributed by atoms with Crippen LogP contribution in [0.2, 0.25) is 0 Å². The Labute approximate surface area is 145 Å². The van der Waals surface area contributed by atoms with E-state index >= 15 is 0 Å². The fourth-order valence-corrected chi connectivity index (χ4v) is 2.52. The Balaban J connectivity index is 1.85. The molecule has 4 nitrogen and oxygen atoms in total. The summed E-state index contributed by atoms with van der Waals surface area (Å²) in [5.74, 6) is -0.489. The SMILES string of the molecule is O=Cc1cc(-c2cccc(C(=O)O)c2)ccc1OCc1ccccc1. The molecule has 0 aliphatic rings. The van der Waals surface area contributed by atoms with Crippen LogP contribution >= 0.6 is 0 Å². The molecule has 0 heterocycles. The summed E-state index contributed by atoms with van der Waals surface area (Å²) in [4.78, 5) is 22.5. The van der Waals surface area contributed by atoms with Crippen LogP contribution in [-0.4, -0.2) is 17.4 Å². The van der Waals surface area contributed by atoms with Crippen molar-refractivity contribution in [2.45, 2.75) is 6.61 Å². The van der Waals surface area contributed by atoms with Crippen LogP contribution in [0.15, 0.2) is 72.8 Å². The van der Waals surface area contributed by atoms with Crippen LogP contribution in [0.25, 0.3) is 11.1 Å². The van der Waals surface area contributed by atoms with Crippen molar-refractivity contribution in [2.24, 2.45) is 0 Å². The summed E-state index contributed by atoms with van der Waals surface area (Å²) in [7, 11) is 0. The van der Waals surface area contributed by atoms with Gasteiger partial charge in [-0.2, -0.15) is 0 Å². The second-order valence-electron chi connectivity index (χ2n) is 5.53. The Bertz CT molecular complexity index is 901. The molecule has 1 N–H and O–H groups in total. The Kier molecular flexibility index (Phi) is 4.90. The van der Waals surface area contributed by atoms with Gasteiger partial charge in [0.15, 0.2) is 6.29 Å². The van der Waals surface area contributed by atoms with Crippen molar-refractivity contribution >= 4 is 12.3 Å². The number of rotatable bonds is 6. The lowest BCUT2D eigenvalue weighted by Crippen LogP contribution is -1.99. The number of aldehydes is 1. The minimum Gasteiger partial charge on any atom is -0.488 e. The molecule has 0 saturated heterocycles. The molecule has 0 bridgehead atoms. The van der Waals surface area contributed by atoms with Gasteiger partial charge in [-0.25, -0.2) is 4.79 Å². The third-order valence-electron chi connectivity index (χ3n) is 3.82. The van der Waals surface area contributed by atoms with Crippen LogP contribution in [0, 0.1) is 0 Å². The van der Waals surface area contributed by atoms with Crippen LogP contribution < -0.4 is 4.74 Å². The number of carbonyl (C=O) groups excluding carboxylic acids is 1. The smallest absolute Gasteiger partial charge is 0.335 e. The highest BCUT2D eigenvalue weighted by atomic mass is 16.5. The highest BCUT2D eigenvalue weighted by molar-refractivity contribution is 5.90. The number of hydrogen-bond acceptors (Lipinski definition) is 3. The van der Waals surface area contributed by atoms with E-state index in [0.29, 0.717) is 17.9 Å². The summed E-state index contributed by atoms with van der Waals surface area (Å²) in [6.07, 6.45) is 0.741. The van der Waals surface area contributed by atoms with Crippen molar-refractivity contribution < 1.29 is 19.4 Å². The number of carbonyl (C=O) groups is 2. The fraction of sp³-hybridized carbons (Fsp3) is 0.0476. The first-order valence-electron chi connectivity index (χ1n) is 7.77. The molecule has 0 saturated carbocycles. The normalized spacial score (nSPS) is 10.2. The topological polar surface area (TPSA) is 63.6 Å². The highest BCUT2D eigenvalue weighted by Crippen LogP contribution is 2.27. The maximum Gasteiger partial charge on any atom is 0.335 e. The number of ether oxygens (including phenoxy) is 1. The van der Waals surface area contributed by atoms with Crippen LogP contribution in [-0.2, 0) is 6.61 Å². The molecular formula is C21H16O4. The molecule has 3 aromatic carbocycles. The molecule has 0 atom stereocenters. The molecule has 0 aliphatic carbocycles. The van der Waals surface area contributed by atoms with Gasteiger partial charge in [0.2, 0.25) is 0 Å². The zero-order chi connectivity index (χ0) is 17.6. The first-order chi connectivity index (χ1) is 12.2. The zero-order valence-electron chi connectivity index (χ0n) is 13.4. The van der Waals surface area contributed by atoms with Gasteiger partial charge in [-0.15, -0.1) is 0 Å². The Morgan fingerprint density at radius 2 is 1.68 bits per heavy atom. The predicted molar refractivity (Wildman–Crippen MR) is 95.0 cm³/mol.